The first kappa shape index (κ1) is 15.1. The molecule has 1 heterocycles. The second-order valence-corrected chi connectivity index (χ2v) is 5.82. The standard InChI is InChI=1S/C19H23NO2/c20-19(16-9-11-21-12-10-16)17-7-4-8-18(13-17)22-14-15-5-2-1-3-6-15/h1-8,13,16,19H,9-12,14,20H2/t19-/m1/s1. The van der Waals surface area contributed by atoms with E-state index < -0.39 is 0 Å². The molecule has 0 unspecified atom stereocenters. The van der Waals surface area contributed by atoms with E-state index in [2.05, 4.69) is 24.3 Å². The van der Waals surface area contributed by atoms with Crippen LogP contribution in [-0.4, -0.2) is 13.2 Å². The second kappa shape index (κ2) is 7.43. The molecule has 0 spiro atoms. The Balaban J connectivity index is 1.64. The lowest BCUT2D eigenvalue weighted by Crippen LogP contribution is -2.27. The van der Waals surface area contributed by atoms with Crippen molar-refractivity contribution in [3.05, 3.63) is 65.7 Å². The van der Waals surface area contributed by atoms with E-state index in [0.717, 1.165) is 37.4 Å². The summed E-state index contributed by atoms with van der Waals surface area (Å²) in [6.45, 7) is 2.22. The molecular weight excluding hydrogens is 274 g/mol. The van der Waals surface area contributed by atoms with Crippen LogP contribution in [0.15, 0.2) is 54.6 Å². The fourth-order valence-electron chi connectivity index (χ4n) is 2.90. The Bertz CT molecular complexity index is 579. The predicted octanol–water partition coefficient (Wildman–Crippen LogP) is 3.69. The summed E-state index contributed by atoms with van der Waals surface area (Å²) < 4.78 is 11.3. The Hall–Kier alpha value is -1.84. The first-order chi connectivity index (χ1) is 10.8. The molecule has 0 aromatic heterocycles. The normalized spacial score (nSPS) is 17.1. The second-order valence-electron chi connectivity index (χ2n) is 5.82. The van der Waals surface area contributed by atoms with Gasteiger partial charge in [0.05, 0.1) is 0 Å². The molecule has 0 amide bonds. The molecule has 116 valence electrons. The van der Waals surface area contributed by atoms with Crippen molar-refractivity contribution in [2.45, 2.75) is 25.5 Å². The minimum absolute atomic E-state index is 0.0594. The molecule has 1 aliphatic rings. The zero-order chi connectivity index (χ0) is 15.2. The van der Waals surface area contributed by atoms with Gasteiger partial charge in [0.1, 0.15) is 12.4 Å². The van der Waals surface area contributed by atoms with Crippen molar-refractivity contribution >= 4 is 0 Å². The summed E-state index contributed by atoms with van der Waals surface area (Å²) in [7, 11) is 0. The van der Waals surface area contributed by atoms with Crippen LogP contribution < -0.4 is 10.5 Å². The number of rotatable bonds is 5. The summed E-state index contributed by atoms with van der Waals surface area (Å²) >= 11 is 0. The zero-order valence-electron chi connectivity index (χ0n) is 12.8. The lowest BCUT2D eigenvalue weighted by atomic mass is 9.88. The number of hydrogen-bond donors (Lipinski definition) is 1. The smallest absolute Gasteiger partial charge is 0.120 e. The summed E-state index contributed by atoms with van der Waals surface area (Å²) in [5.74, 6) is 1.38. The highest BCUT2D eigenvalue weighted by Gasteiger charge is 2.22. The van der Waals surface area contributed by atoms with Gasteiger partial charge < -0.3 is 15.2 Å². The van der Waals surface area contributed by atoms with Gasteiger partial charge in [-0.25, -0.2) is 0 Å². The van der Waals surface area contributed by atoms with Gasteiger partial charge in [-0.15, -0.1) is 0 Å². The summed E-state index contributed by atoms with van der Waals surface area (Å²) in [5.41, 5.74) is 8.75. The van der Waals surface area contributed by atoms with Crippen molar-refractivity contribution in [2.75, 3.05) is 13.2 Å². The van der Waals surface area contributed by atoms with Gasteiger partial charge in [-0.3, -0.25) is 0 Å². The molecular formula is C19H23NO2. The van der Waals surface area contributed by atoms with Gasteiger partial charge in [0.2, 0.25) is 0 Å². The van der Waals surface area contributed by atoms with Crippen LogP contribution in [0.25, 0.3) is 0 Å². The van der Waals surface area contributed by atoms with Gasteiger partial charge in [0.15, 0.2) is 0 Å². The summed E-state index contributed by atoms with van der Waals surface area (Å²) in [4.78, 5) is 0. The van der Waals surface area contributed by atoms with Gasteiger partial charge in [-0.2, -0.15) is 0 Å². The topological polar surface area (TPSA) is 44.5 Å². The Kier molecular flexibility index (Phi) is 5.09. The highest BCUT2D eigenvalue weighted by Crippen LogP contribution is 2.29. The molecule has 22 heavy (non-hydrogen) atoms. The Labute approximate surface area is 132 Å². The zero-order valence-corrected chi connectivity index (χ0v) is 12.8. The number of ether oxygens (including phenoxy) is 2. The molecule has 0 saturated carbocycles. The molecule has 2 aromatic rings. The third-order valence-electron chi connectivity index (χ3n) is 4.27. The molecule has 1 aliphatic heterocycles. The largest absolute Gasteiger partial charge is 0.489 e. The first-order valence-corrected chi connectivity index (χ1v) is 7.93. The van der Waals surface area contributed by atoms with E-state index in [4.69, 9.17) is 15.2 Å². The van der Waals surface area contributed by atoms with Gasteiger partial charge in [0, 0.05) is 19.3 Å². The molecule has 2 N–H and O–H groups in total. The lowest BCUT2D eigenvalue weighted by Gasteiger charge is -2.28. The molecule has 3 nitrogen and oxygen atoms in total. The lowest BCUT2D eigenvalue weighted by molar-refractivity contribution is 0.0583. The maximum absolute atomic E-state index is 6.43. The SMILES string of the molecule is N[C@@H](c1cccc(OCc2ccccc2)c1)C1CCOCC1. The number of hydrogen-bond acceptors (Lipinski definition) is 3. The molecule has 1 fully saturated rings. The Morgan fingerprint density at radius 2 is 1.82 bits per heavy atom. The van der Waals surface area contributed by atoms with Crippen LogP contribution in [0.5, 0.6) is 5.75 Å². The van der Waals surface area contributed by atoms with E-state index in [1.54, 1.807) is 0 Å². The van der Waals surface area contributed by atoms with Gasteiger partial charge in [0.25, 0.3) is 0 Å². The maximum Gasteiger partial charge on any atom is 0.120 e. The van der Waals surface area contributed by atoms with Crippen LogP contribution in [-0.2, 0) is 11.3 Å². The fourth-order valence-corrected chi connectivity index (χ4v) is 2.90. The third-order valence-corrected chi connectivity index (χ3v) is 4.27. The van der Waals surface area contributed by atoms with Crippen molar-refractivity contribution in [1.82, 2.24) is 0 Å². The molecule has 3 rings (SSSR count). The van der Waals surface area contributed by atoms with Crippen molar-refractivity contribution in [1.29, 1.82) is 0 Å². The molecule has 0 aliphatic carbocycles. The van der Waals surface area contributed by atoms with Crippen LogP contribution in [0.2, 0.25) is 0 Å². The maximum atomic E-state index is 6.43. The monoisotopic (exact) mass is 297 g/mol. The average Bonchev–Trinajstić information content (AvgIpc) is 2.61. The minimum atomic E-state index is 0.0594. The van der Waals surface area contributed by atoms with Crippen molar-refractivity contribution in [3.8, 4) is 5.75 Å². The number of nitrogens with two attached hydrogens (primary N) is 1. The van der Waals surface area contributed by atoms with E-state index in [-0.39, 0.29) is 6.04 Å². The van der Waals surface area contributed by atoms with E-state index in [9.17, 15) is 0 Å². The van der Waals surface area contributed by atoms with Gasteiger partial charge >= 0.3 is 0 Å². The van der Waals surface area contributed by atoms with E-state index in [0.29, 0.717) is 12.5 Å². The number of benzene rings is 2. The molecule has 0 bridgehead atoms. The molecule has 3 heteroatoms. The van der Waals surface area contributed by atoms with Crippen LogP contribution in [0.3, 0.4) is 0 Å². The highest BCUT2D eigenvalue weighted by atomic mass is 16.5. The van der Waals surface area contributed by atoms with E-state index in [1.807, 2.05) is 30.3 Å². The Morgan fingerprint density at radius 1 is 1.05 bits per heavy atom. The van der Waals surface area contributed by atoms with Gasteiger partial charge in [-0.1, -0.05) is 42.5 Å². The van der Waals surface area contributed by atoms with Crippen molar-refractivity contribution < 1.29 is 9.47 Å². The minimum Gasteiger partial charge on any atom is -0.489 e. The van der Waals surface area contributed by atoms with Gasteiger partial charge in [-0.05, 0) is 42.0 Å². The average molecular weight is 297 g/mol. The first-order valence-electron chi connectivity index (χ1n) is 7.93. The molecule has 1 saturated heterocycles. The van der Waals surface area contributed by atoms with Crippen molar-refractivity contribution in [3.63, 3.8) is 0 Å². The third kappa shape index (κ3) is 3.87. The predicted molar refractivity (Wildman–Crippen MR) is 87.7 cm³/mol. The Morgan fingerprint density at radius 3 is 2.59 bits per heavy atom. The molecule has 1 atom stereocenters. The summed E-state index contributed by atoms with van der Waals surface area (Å²) in [5, 5.41) is 0. The summed E-state index contributed by atoms with van der Waals surface area (Å²) in [6.07, 6.45) is 2.08. The summed E-state index contributed by atoms with van der Waals surface area (Å²) in [6, 6.07) is 18.4. The molecule has 2 aromatic carbocycles. The van der Waals surface area contributed by atoms with Crippen LogP contribution in [0, 0.1) is 5.92 Å². The molecule has 0 radical (unpaired) electrons. The van der Waals surface area contributed by atoms with E-state index >= 15 is 0 Å². The van der Waals surface area contributed by atoms with Crippen LogP contribution in [0.1, 0.15) is 30.0 Å². The van der Waals surface area contributed by atoms with Crippen LogP contribution >= 0.6 is 0 Å². The highest BCUT2D eigenvalue weighted by molar-refractivity contribution is 5.31. The van der Waals surface area contributed by atoms with E-state index in [1.165, 1.54) is 5.56 Å². The van der Waals surface area contributed by atoms with Crippen molar-refractivity contribution in [2.24, 2.45) is 11.7 Å². The fraction of sp³-hybridized carbons (Fsp3) is 0.368. The quantitative estimate of drug-likeness (QED) is 0.915. The van der Waals surface area contributed by atoms with Crippen LogP contribution in [0.4, 0.5) is 0 Å².